The molecule has 1 saturated carbocycles. The van der Waals surface area contributed by atoms with Gasteiger partial charge < -0.3 is 15.2 Å². The van der Waals surface area contributed by atoms with E-state index in [9.17, 15) is 9.59 Å². The van der Waals surface area contributed by atoms with Gasteiger partial charge in [-0.25, -0.2) is 4.79 Å². The Bertz CT molecular complexity index is 494. The van der Waals surface area contributed by atoms with Crippen LogP contribution in [0.1, 0.15) is 36.0 Å². The Morgan fingerprint density at radius 1 is 1.42 bits per heavy atom. The molecule has 102 valence electrons. The lowest BCUT2D eigenvalue weighted by atomic mass is 9.83. The zero-order valence-corrected chi connectivity index (χ0v) is 10.8. The van der Waals surface area contributed by atoms with Crippen molar-refractivity contribution < 1.29 is 19.4 Å². The van der Waals surface area contributed by atoms with Gasteiger partial charge in [-0.3, -0.25) is 4.79 Å². The molecule has 1 amide bonds. The van der Waals surface area contributed by atoms with Crippen molar-refractivity contribution in [3.05, 3.63) is 23.8 Å². The SMILES string of the molecule is COc1ccc(NC(=O)CC2CCC2)c(C(=O)O)c1. The average Bonchev–Trinajstić information content (AvgIpc) is 2.34. The smallest absolute Gasteiger partial charge is 0.337 e. The maximum absolute atomic E-state index is 11.8. The third-order valence-corrected chi connectivity index (χ3v) is 3.43. The summed E-state index contributed by atoms with van der Waals surface area (Å²) in [7, 11) is 1.47. The molecule has 0 aliphatic heterocycles. The highest BCUT2D eigenvalue weighted by Gasteiger charge is 2.21. The Kier molecular flexibility index (Phi) is 4.04. The molecular formula is C14H17NO4. The number of amides is 1. The fraction of sp³-hybridized carbons (Fsp3) is 0.429. The van der Waals surface area contributed by atoms with Crippen LogP contribution in [-0.2, 0) is 4.79 Å². The molecule has 0 atom stereocenters. The highest BCUT2D eigenvalue weighted by atomic mass is 16.5. The van der Waals surface area contributed by atoms with Gasteiger partial charge >= 0.3 is 5.97 Å². The van der Waals surface area contributed by atoms with Crippen LogP contribution in [0.5, 0.6) is 5.75 Å². The third-order valence-electron chi connectivity index (χ3n) is 3.43. The van der Waals surface area contributed by atoms with E-state index in [-0.39, 0.29) is 11.5 Å². The summed E-state index contributed by atoms with van der Waals surface area (Å²) in [6.07, 6.45) is 3.82. The average molecular weight is 263 g/mol. The van der Waals surface area contributed by atoms with E-state index in [0.717, 1.165) is 12.8 Å². The van der Waals surface area contributed by atoms with E-state index in [1.165, 1.54) is 19.6 Å². The van der Waals surface area contributed by atoms with Crippen LogP contribution in [0.4, 0.5) is 5.69 Å². The van der Waals surface area contributed by atoms with E-state index in [2.05, 4.69) is 5.32 Å². The zero-order chi connectivity index (χ0) is 13.8. The number of nitrogens with one attached hydrogen (secondary N) is 1. The first-order chi connectivity index (χ1) is 9.10. The second-order valence-corrected chi connectivity index (χ2v) is 4.77. The van der Waals surface area contributed by atoms with Crippen LogP contribution in [0.3, 0.4) is 0 Å². The number of anilines is 1. The molecule has 1 aliphatic rings. The van der Waals surface area contributed by atoms with Crippen LogP contribution in [0, 0.1) is 5.92 Å². The Hall–Kier alpha value is -2.04. The molecule has 1 aromatic rings. The van der Waals surface area contributed by atoms with Gasteiger partial charge in [0.05, 0.1) is 18.4 Å². The predicted octanol–water partition coefficient (Wildman–Crippen LogP) is 2.52. The fourth-order valence-corrected chi connectivity index (χ4v) is 2.10. The van der Waals surface area contributed by atoms with Gasteiger partial charge in [0.15, 0.2) is 0 Å². The van der Waals surface area contributed by atoms with Crippen molar-refractivity contribution >= 4 is 17.6 Å². The molecular weight excluding hydrogens is 246 g/mol. The number of hydrogen-bond donors (Lipinski definition) is 2. The molecule has 0 unspecified atom stereocenters. The van der Waals surface area contributed by atoms with Crippen molar-refractivity contribution in [2.24, 2.45) is 5.92 Å². The minimum absolute atomic E-state index is 0.0429. The first kappa shape index (κ1) is 13.4. The molecule has 0 saturated heterocycles. The Labute approximate surface area is 111 Å². The molecule has 2 rings (SSSR count). The van der Waals surface area contributed by atoms with Gasteiger partial charge in [0.25, 0.3) is 0 Å². The maximum atomic E-state index is 11.8. The normalized spacial score (nSPS) is 14.6. The minimum atomic E-state index is -1.09. The van der Waals surface area contributed by atoms with Crippen LogP contribution in [0.25, 0.3) is 0 Å². The first-order valence-corrected chi connectivity index (χ1v) is 6.31. The summed E-state index contributed by atoms with van der Waals surface area (Å²) in [5, 5.41) is 11.8. The molecule has 0 spiro atoms. The number of methoxy groups -OCH3 is 1. The van der Waals surface area contributed by atoms with Crippen molar-refractivity contribution in [2.45, 2.75) is 25.7 Å². The molecule has 1 fully saturated rings. The van der Waals surface area contributed by atoms with Gasteiger partial charge in [-0.05, 0) is 37.0 Å². The highest BCUT2D eigenvalue weighted by molar-refractivity contribution is 6.00. The summed E-state index contributed by atoms with van der Waals surface area (Å²) in [5.74, 6) is -0.309. The number of carbonyl (C=O) groups excluding carboxylic acids is 1. The van der Waals surface area contributed by atoms with Crippen LogP contribution in [0.2, 0.25) is 0 Å². The fourth-order valence-electron chi connectivity index (χ4n) is 2.10. The van der Waals surface area contributed by atoms with Crippen molar-refractivity contribution in [3.8, 4) is 5.75 Å². The molecule has 0 aromatic heterocycles. The Morgan fingerprint density at radius 2 is 2.16 bits per heavy atom. The van der Waals surface area contributed by atoms with Crippen molar-refractivity contribution in [3.63, 3.8) is 0 Å². The predicted molar refractivity (Wildman–Crippen MR) is 70.5 cm³/mol. The summed E-state index contributed by atoms with van der Waals surface area (Å²) < 4.78 is 4.98. The van der Waals surface area contributed by atoms with Crippen molar-refractivity contribution in [2.75, 3.05) is 12.4 Å². The minimum Gasteiger partial charge on any atom is -0.497 e. The summed E-state index contributed by atoms with van der Waals surface area (Å²) in [5.41, 5.74) is 0.360. The zero-order valence-electron chi connectivity index (χ0n) is 10.8. The summed E-state index contributed by atoms with van der Waals surface area (Å²) in [6.45, 7) is 0. The lowest BCUT2D eigenvalue weighted by Gasteiger charge is -2.24. The Morgan fingerprint density at radius 3 is 2.68 bits per heavy atom. The van der Waals surface area contributed by atoms with Crippen LogP contribution in [-0.4, -0.2) is 24.1 Å². The van der Waals surface area contributed by atoms with E-state index >= 15 is 0 Å². The number of aromatic carboxylic acids is 1. The van der Waals surface area contributed by atoms with Gasteiger partial charge in [0, 0.05) is 6.42 Å². The second-order valence-electron chi connectivity index (χ2n) is 4.77. The van der Waals surface area contributed by atoms with Gasteiger partial charge in [0.2, 0.25) is 5.91 Å². The quantitative estimate of drug-likeness (QED) is 0.855. The number of benzene rings is 1. The van der Waals surface area contributed by atoms with Crippen molar-refractivity contribution in [1.82, 2.24) is 0 Å². The van der Waals surface area contributed by atoms with E-state index in [4.69, 9.17) is 9.84 Å². The summed E-state index contributed by atoms with van der Waals surface area (Å²) >= 11 is 0. The monoisotopic (exact) mass is 263 g/mol. The molecule has 0 radical (unpaired) electrons. The van der Waals surface area contributed by atoms with E-state index in [0.29, 0.717) is 23.8 Å². The molecule has 0 heterocycles. The van der Waals surface area contributed by atoms with E-state index in [1.54, 1.807) is 12.1 Å². The number of carboxylic acid groups (broad SMARTS) is 1. The Balaban J connectivity index is 2.09. The molecule has 1 aliphatic carbocycles. The maximum Gasteiger partial charge on any atom is 0.337 e. The molecule has 0 bridgehead atoms. The summed E-state index contributed by atoms with van der Waals surface area (Å²) in [6, 6.07) is 4.59. The van der Waals surface area contributed by atoms with E-state index < -0.39 is 5.97 Å². The number of carbonyl (C=O) groups is 2. The third kappa shape index (κ3) is 3.24. The van der Waals surface area contributed by atoms with Crippen LogP contribution in [0.15, 0.2) is 18.2 Å². The highest BCUT2D eigenvalue weighted by Crippen LogP contribution is 2.30. The topological polar surface area (TPSA) is 75.6 Å². The van der Waals surface area contributed by atoms with Gasteiger partial charge in [-0.1, -0.05) is 6.42 Å². The van der Waals surface area contributed by atoms with Gasteiger partial charge in [-0.2, -0.15) is 0 Å². The lowest BCUT2D eigenvalue weighted by molar-refractivity contribution is -0.117. The first-order valence-electron chi connectivity index (χ1n) is 6.31. The number of ether oxygens (including phenoxy) is 1. The molecule has 1 aromatic carbocycles. The van der Waals surface area contributed by atoms with Gasteiger partial charge in [-0.15, -0.1) is 0 Å². The number of carboxylic acids is 1. The van der Waals surface area contributed by atoms with E-state index in [1.807, 2.05) is 0 Å². The van der Waals surface area contributed by atoms with Crippen molar-refractivity contribution in [1.29, 1.82) is 0 Å². The number of rotatable bonds is 5. The van der Waals surface area contributed by atoms with Gasteiger partial charge in [0.1, 0.15) is 5.75 Å². The second kappa shape index (κ2) is 5.73. The molecule has 5 heteroatoms. The molecule has 5 nitrogen and oxygen atoms in total. The van der Waals surface area contributed by atoms with Crippen LogP contribution < -0.4 is 10.1 Å². The lowest BCUT2D eigenvalue weighted by Crippen LogP contribution is -2.21. The summed E-state index contributed by atoms with van der Waals surface area (Å²) in [4.78, 5) is 23.0. The standard InChI is InChI=1S/C14H17NO4/c1-19-10-5-6-12(11(8-10)14(17)18)15-13(16)7-9-3-2-4-9/h5-6,8-9H,2-4,7H2,1H3,(H,15,16)(H,17,18). The van der Waals surface area contributed by atoms with Crippen LogP contribution >= 0.6 is 0 Å². The number of hydrogen-bond acceptors (Lipinski definition) is 3. The molecule has 2 N–H and O–H groups in total. The molecule has 19 heavy (non-hydrogen) atoms. The largest absolute Gasteiger partial charge is 0.497 e.